The summed E-state index contributed by atoms with van der Waals surface area (Å²) in [6.07, 6.45) is 1.85. The van der Waals surface area contributed by atoms with E-state index in [0.717, 1.165) is 30.1 Å². The van der Waals surface area contributed by atoms with Gasteiger partial charge in [-0.3, -0.25) is 4.98 Å². The Kier molecular flexibility index (Phi) is 6.01. The van der Waals surface area contributed by atoms with Gasteiger partial charge in [-0.1, -0.05) is 37.3 Å². The zero-order valence-corrected chi connectivity index (χ0v) is 15.5. The average molecular weight is 353 g/mol. The molecule has 0 saturated heterocycles. The lowest BCUT2D eigenvalue weighted by molar-refractivity contribution is 0.709. The molecule has 25 heavy (non-hydrogen) atoms. The lowest BCUT2D eigenvalue weighted by atomic mass is 10.1. The van der Waals surface area contributed by atoms with Crippen molar-refractivity contribution in [1.82, 2.24) is 15.6 Å². The van der Waals surface area contributed by atoms with E-state index in [1.165, 1.54) is 10.3 Å². The average Bonchev–Trinajstić information content (AvgIpc) is 3.18. The number of hydrogen-bond donors (Lipinski definition) is 2. The molecule has 0 spiro atoms. The van der Waals surface area contributed by atoms with Crippen molar-refractivity contribution < 1.29 is 0 Å². The zero-order valence-electron chi connectivity index (χ0n) is 14.7. The summed E-state index contributed by atoms with van der Waals surface area (Å²) in [5.41, 5.74) is 1.00. The highest BCUT2D eigenvalue weighted by atomic mass is 32.1. The highest BCUT2D eigenvalue weighted by Gasteiger charge is 2.08. The van der Waals surface area contributed by atoms with Crippen LogP contribution in [0, 0.1) is 0 Å². The molecule has 1 unspecified atom stereocenters. The Labute approximate surface area is 153 Å². The number of benzene rings is 1. The van der Waals surface area contributed by atoms with Crippen molar-refractivity contribution in [2.75, 3.05) is 13.1 Å². The molecule has 2 aromatic heterocycles. The minimum atomic E-state index is 0.458. The van der Waals surface area contributed by atoms with E-state index in [1.54, 1.807) is 11.3 Å². The molecule has 2 N–H and O–H groups in total. The molecule has 0 aliphatic carbocycles. The normalized spacial score (nSPS) is 13.0. The molecule has 3 rings (SSSR count). The molecule has 1 atom stereocenters. The van der Waals surface area contributed by atoms with Gasteiger partial charge in [0.2, 0.25) is 0 Å². The molecule has 0 amide bonds. The van der Waals surface area contributed by atoms with Gasteiger partial charge in [0.25, 0.3) is 0 Å². The first kappa shape index (κ1) is 17.4. The first-order chi connectivity index (χ1) is 12.3. The fourth-order valence-electron chi connectivity index (χ4n) is 2.73. The van der Waals surface area contributed by atoms with Gasteiger partial charge in [-0.05, 0) is 29.8 Å². The molecule has 0 fully saturated rings. The third-order valence-electron chi connectivity index (χ3n) is 4.09. The van der Waals surface area contributed by atoms with Crippen LogP contribution >= 0.6 is 11.3 Å². The van der Waals surface area contributed by atoms with E-state index >= 15 is 0 Å². The fourth-order valence-corrected chi connectivity index (χ4v) is 3.51. The van der Waals surface area contributed by atoms with Gasteiger partial charge < -0.3 is 10.6 Å². The second-order valence-corrected chi connectivity index (χ2v) is 6.95. The molecule has 0 aliphatic heterocycles. The van der Waals surface area contributed by atoms with Gasteiger partial charge >= 0.3 is 0 Å². The minimum Gasteiger partial charge on any atom is -0.357 e. The number of thiophene rings is 1. The monoisotopic (exact) mass is 352 g/mol. The Morgan fingerprint density at radius 3 is 2.84 bits per heavy atom. The van der Waals surface area contributed by atoms with Gasteiger partial charge in [-0.2, -0.15) is 0 Å². The largest absolute Gasteiger partial charge is 0.357 e. The van der Waals surface area contributed by atoms with Crippen LogP contribution in [0.1, 0.15) is 30.3 Å². The zero-order chi connectivity index (χ0) is 17.5. The quantitative estimate of drug-likeness (QED) is 0.517. The van der Waals surface area contributed by atoms with E-state index < -0.39 is 0 Å². The SMILES string of the molecule is CCNC(=NCc1nccc2ccccc12)NCC(C)c1cccs1. The Morgan fingerprint density at radius 2 is 2.04 bits per heavy atom. The lowest BCUT2D eigenvalue weighted by Gasteiger charge is -2.15. The van der Waals surface area contributed by atoms with Crippen molar-refractivity contribution in [2.24, 2.45) is 4.99 Å². The number of pyridine rings is 1. The number of rotatable bonds is 6. The number of aliphatic imine (C=N–C) groups is 1. The number of nitrogens with zero attached hydrogens (tertiary/aromatic N) is 2. The van der Waals surface area contributed by atoms with Crippen molar-refractivity contribution in [1.29, 1.82) is 0 Å². The number of hydrogen-bond acceptors (Lipinski definition) is 3. The van der Waals surface area contributed by atoms with Crippen LogP contribution in [-0.4, -0.2) is 24.0 Å². The Bertz CT molecular complexity index is 821. The van der Waals surface area contributed by atoms with E-state index in [0.29, 0.717) is 12.5 Å². The molecule has 5 heteroatoms. The summed E-state index contributed by atoms with van der Waals surface area (Å²) in [5, 5.41) is 11.2. The van der Waals surface area contributed by atoms with Crippen molar-refractivity contribution in [2.45, 2.75) is 26.3 Å². The molecular formula is C20H24N4S. The van der Waals surface area contributed by atoms with Crippen LogP contribution in [0.25, 0.3) is 10.8 Å². The molecule has 2 heterocycles. The topological polar surface area (TPSA) is 49.3 Å². The maximum absolute atomic E-state index is 4.72. The first-order valence-corrected chi connectivity index (χ1v) is 9.54. The minimum absolute atomic E-state index is 0.458. The summed E-state index contributed by atoms with van der Waals surface area (Å²) < 4.78 is 0. The van der Waals surface area contributed by atoms with Gasteiger partial charge in [0.1, 0.15) is 0 Å². The van der Waals surface area contributed by atoms with Crippen LogP contribution in [0.15, 0.2) is 59.0 Å². The summed E-state index contributed by atoms with van der Waals surface area (Å²) in [6, 6.07) is 14.6. The van der Waals surface area contributed by atoms with Crippen LogP contribution in [0.2, 0.25) is 0 Å². The highest BCUT2D eigenvalue weighted by Crippen LogP contribution is 2.20. The van der Waals surface area contributed by atoms with Crippen LogP contribution < -0.4 is 10.6 Å². The van der Waals surface area contributed by atoms with Crippen LogP contribution in [-0.2, 0) is 6.54 Å². The highest BCUT2D eigenvalue weighted by molar-refractivity contribution is 7.10. The number of guanidine groups is 1. The van der Waals surface area contributed by atoms with Crippen molar-refractivity contribution in [3.05, 3.63) is 64.6 Å². The fraction of sp³-hybridized carbons (Fsp3) is 0.300. The Hall–Kier alpha value is -2.40. The van der Waals surface area contributed by atoms with E-state index in [-0.39, 0.29) is 0 Å². The van der Waals surface area contributed by atoms with Gasteiger partial charge in [-0.25, -0.2) is 4.99 Å². The Morgan fingerprint density at radius 1 is 1.16 bits per heavy atom. The van der Waals surface area contributed by atoms with Crippen LogP contribution in [0.5, 0.6) is 0 Å². The molecule has 0 radical (unpaired) electrons. The number of aromatic nitrogens is 1. The molecule has 1 aromatic carbocycles. The number of fused-ring (bicyclic) bond motifs is 1. The van der Waals surface area contributed by atoms with Gasteiger partial charge in [0, 0.05) is 35.5 Å². The summed E-state index contributed by atoms with van der Waals surface area (Å²) in [5.74, 6) is 1.29. The van der Waals surface area contributed by atoms with Crippen molar-refractivity contribution in [3.63, 3.8) is 0 Å². The summed E-state index contributed by atoms with van der Waals surface area (Å²) in [7, 11) is 0. The van der Waals surface area contributed by atoms with E-state index in [4.69, 9.17) is 4.99 Å². The predicted octanol–water partition coefficient (Wildman–Crippen LogP) is 4.16. The van der Waals surface area contributed by atoms with Crippen LogP contribution in [0.3, 0.4) is 0 Å². The molecule has 130 valence electrons. The summed E-state index contributed by atoms with van der Waals surface area (Å²) in [4.78, 5) is 10.6. The molecule has 3 aromatic rings. The van der Waals surface area contributed by atoms with Crippen molar-refractivity contribution >= 4 is 28.1 Å². The third kappa shape index (κ3) is 4.57. The maximum atomic E-state index is 4.72. The molecule has 4 nitrogen and oxygen atoms in total. The molecule has 0 aliphatic rings. The first-order valence-electron chi connectivity index (χ1n) is 8.66. The lowest BCUT2D eigenvalue weighted by Crippen LogP contribution is -2.39. The van der Waals surface area contributed by atoms with Gasteiger partial charge in [0.05, 0.1) is 12.2 Å². The summed E-state index contributed by atoms with van der Waals surface area (Å²) >= 11 is 1.80. The molecule has 0 saturated carbocycles. The smallest absolute Gasteiger partial charge is 0.191 e. The standard InChI is InChI=1S/C20H24N4S/c1-3-21-20(23-13-15(2)19-9-6-12-25-19)24-14-18-17-8-5-4-7-16(17)10-11-22-18/h4-12,15H,3,13-14H2,1-2H3,(H2,21,23,24). The molecular weight excluding hydrogens is 328 g/mol. The number of nitrogens with one attached hydrogen (secondary N) is 2. The van der Waals surface area contributed by atoms with Gasteiger partial charge in [0.15, 0.2) is 5.96 Å². The maximum Gasteiger partial charge on any atom is 0.191 e. The van der Waals surface area contributed by atoms with E-state index in [9.17, 15) is 0 Å². The van der Waals surface area contributed by atoms with Gasteiger partial charge in [-0.15, -0.1) is 11.3 Å². The van der Waals surface area contributed by atoms with E-state index in [2.05, 4.69) is 59.1 Å². The second kappa shape index (κ2) is 8.62. The second-order valence-electron chi connectivity index (χ2n) is 5.97. The van der Waals surface area contributed by atoms with Crippen molar-refractivity contribution in [3.8, 4) is 0 Å². The third-order valence-corrected chi connectivity index (χ3v) is 5.20. The predicted molar refractivity (Wildman–Crippen MR) is 107 cm³/mol. The Balaban J connectivity index is 1.69. The van der Waals surface area contributed by atoms with E-state index in [1.807, 2.05) is 24.4 Å². The van der Waals surface area contributed by atoms with Crippen LogP contribution in [0.4, 0.5) is 0 Å². The molecule has 0 bridgehead atoms. The summed E-state index contributed by atoms with van der Waals surface area (Å²) in [6.45, 7) is 6.56.